The molecule has 2 rings (SSSR count). The van der Waals surface area contributed by atoms with E-state index in [0.717, 1.165) is 10.4 Å². The molecule has 1 atom stereocenters. The number of hydrogen-bond acceptors (Lipinski definition) is 4. The van der Waals surface area contributed by atoms with E-state index in [2.05, 4.69) is 15.0 Å². The molecule has 0 aliphatic rings. The van der Waals surface area contributed by atoms with E-state index >= 15 is 0 Å². The molecular formula is C16H20Cl2N4O2S2. The first-order valence-electron chi connectivity index (χ1n) is 7.76. The van der Waals surface area contributed by atoms with Crippen LogP contribution in [0.3, 0.4) is 0 Å². The van der Waals surface area contributed by atoms with Gasteiger partial charge in [0.05, 0.1) is 12.6 Å². The second-order valence-electron chi connectivity index (χ2n) is 5.56. The Bertz CT molecular complexity index is 897. The number of hydrogen-bond donors (Lipinski definition) is 3. The summed E-state index contributed by atoms with van der Waals surface area (Å²) in [6, 6.07) is 8.39. The summed E-state index contributed by atoms with van der Waals surface area (Å²) in [6.45, 7) is 4.11. The summed E-state index contributed by atoms with van der Waals surface area (Å²) in [5.74, 6) is 0.203. The van der Waals surface area contributed by atoms with Crippen LogP contribution in [0.2, 0.25) is 10.0 Å². The molecule has 2 aromatic rings. The molecule has 0 aliphatic carbocycles. The first-order chi connectivity index (χ1) is 12.2. The molecule has 0 spiro atoms. The third-order valence-electron chi connectivity index (χ3n) is 3.46. The second-order valence-corrected chi connectivity index (χ2v) is 9.69. The maximum atomic E-state index is 12.1. The lowest BCUT2D eigenvalue weighted by Gasteiger charge is -2.16. The molecule has 1 aromatic carbocycles. The number of benzene rings is 1. The first kappa shape index (κ1) is 21.0. The average molecular weight is 435 g/mol. The summed E-state index contributed by atoms with van der Waals surface area (Å²) in [6.07, 6.45) is 0. The highest BCUT2D eigenvalue weighted by molar-refractivity contribution is 7.91. The summed E-state index contributed by atoms with van der Waals surface area (Å²) < 4.78 is 27.0. The lowest BCUT2D eigenvalue weighted by molar-refractivity contribution is 0.584. The molecule has 0 amide bonds. The molecule has 10 heteroatoms. The molecule has 4 N–H and O–H groups in total. The Labute approximate surface area is 167 Å². The number of aliphatic imine (C=N–C) groups is 1. The third-order valence-corrected chi connectivity index (χ3v) is 6.98. The van der Waals surface area contributed by atoms with Crippen molar-refractivity contribution in [2.24, 2.45) is 10.7 Å². The predicted octanol–water partition coefficient (Wildman–Crippen LogP) is 3.31. The molecule has 1 aromatic heterocycles. The second kappa shape index (κ2) is 9.05. The number of nitrogens with one attached hydrogen (secondary N) is 2. The fourth-order valence-corrected chi connectivity index (χ4v) is 5.10. The molecule has 0 fully saturated rings. The minimum Gasteiger partial charge on any atom is -0.370 e. The topological polar surface area (TPSA) is 96.6 Å². The zero-order valence-corrected chi connectivity index (χ0v) is 17.4. The van der Waals surface area contributed by atoms with E-state index in [-0.39, 0.29) is 29.3 Å². The van der Waals surface area contributed by atoms with E-state index in [1.807, 2.05) is 19.9 Å². The van der Waals surface area contributed by atoms with Gasteiger partial charge in [-0.25, -0.2) is 13.1 Å². The Hall–Kier alpha value is -1.32. The maximum Gasteiger partial charge on any atom is 0.250 e. The summed E-state index contributed by atoms with van der Waals surface area (Å²) in [5.41, 5.74) is 6.69. The number of nitrogens with zero attached hydrogens (tertiary/aromatic N) is 1. The summed E-state index contributed by atoms with van der Waals surface area (Å²) in [4.78, 5) is 5.07. The van der Waals surface area contributed by atoms with E-state index in [1.54, 1.807) is 24.3 Å². The van der Waals surface area contributed by atoms with Crippen LogP contribution in [0.1, 0.15) is 23.4 Å². The van der Waals surface area contributed by atoms with Crippen molar-refractivity contribution in [3.05, 3.63) is 50.8 Å². The minimum absolute atomic E-state index is 0.151. The molecule has 1 heterocycles. The highest BCUT2D eigenvalue weighted by Crippen LogP contribution is 2.25. The summed E-state index contributed by atoms with van der Waals surface area (Å²) >= 11 is 13.3. The van der Waals surface area contributed by atoms with Gasteiger partial charge in [-0.05, 0) is 43.7 Å². The van der Waals surface area contributed by atoms with Gasteiger partial charge in [-0.15, -0.1) is 11.3 Å². The standard InChI is InChI=1S/C16H20Cl2N4O2S2/c1-10-3-6-15(25-10)26(23,24)21-8-7-20-16(19)22-11(2)13-5-4-12(17)9-14(13)18/h3-6,9,11,21H,7-8H2,1-2H3,(H3,19,20,22). The molecule has 6 nitrogen and oxygen atoms in total. The highest BCUT2D eigenvalue weighted by Gasteiger charge is 2.15. The van der Waals surface area contributed by atoms with Gasteiger partial charge in [0.15, 0.2) is 5.96 Å². The zero-order valence-electron chi connectivity index (χ0n) is 14.3. The molecule has 1 unspecified atom stereocenters. The number of thiophene rings is 1. The fourth-order valence-electron chi connectivity index (χ4n) is 2.18. The van der Waals surface area contributed by atoms with E-state index < -0.39 is 10.0 Å². The van der Waals surface area contributed by atoms with Crippen LogP contribution in [0.25, 0.3) is 0 Å². The molecular weight excluding hydrogens is 415 g/mol. The number of halogens is 2. The van der Waals surface area contributed by atoms with E-state index in [1.165, 1.54) is 11.3 Å². The van der Waals surface area contributed by atoms with Gasteiger partial charge in [0.25, 0.3) is 0 Å². The van der Waals surface area contributed by atoms with E-state index in [9.17, 15) is 8.42 Å². The van der Waals surface area contributed by atoms with Gasteiger partial charge in [0.2, 0.25) is 10.0 Å². The number of guanidine groups is 1. The molecule has 0 saturated heterocycles. The largest absolute Gasteiger partial charge is 0.370 e. The SMILES string of the molecule is Cc1ccc(S(=O)(=O)NCCN=C(N)NC(C)c2ccc(Cl)cc2Cl)s1. The Morgan fingerprint density at radius 1 is 1.31 bits per heavy atom. The molecule has 26 heavy (non-hydrogen) atoms. The molecule has 0 bridgehead atoms. The zero-order chi connectivity index (χ0) is 19.3. The summed E-state index contributed by atoms with van der Waals surface area (Å²) in [7, 11) is -3.51. The van der Waals surface area contributed by atoms with Crippen LogP contribution in [-0.4, -0.2) is 27.5 Å². The predicted molar refractivity (Wildman–Crippen MR) is 109 cm³/mol. The van der Waals surface area contributed by atoms with E-state index in [4.69, 9.17) is 28.9 Å². The van der Waals surface area contributed by atoms with Gasteiger partial charge in [-0.3, -0.25) is 4.99 Å². The van der Waals surface area contributed by atoms with Gasteiger partial charge < -0.3 is 11.1 Å². The maximum absolute atomic E-state index is 12.1. The summed E-state index contributed by atoms with van der Waals surface area (Å²) in [5, 5.41) is 4.10. The molecule has 142 valence electrons. The van der Waals surface area contributed by atoms with Gasteiger partial charge >= 0.3 is 0 Å². The van der Waals surface area contributed by atoms with Crippen molar-refractivity contribution in [2.75, 3.05) is 13.1 Å². The first-order valence-corrected chi connectivity index (χ1v) is 10.8. The number of sulfonamides is 1. The van der Waals surface area contributed by atoms with Crippen LogP contribution in [0, 0.1) is 6.92 Å². The van der Waals surface area contributed by atoms with Crippen LogP contribution >= 0.6 is 34.5 Å². The van der Waals surface area contributed by atoms with E-state index in [0.29, 0.717) is 10.0 Å². The Balaban J connectivity index is 1.86. The van der Waals surface area contributed by atoms with Gasteiger partial charge in [0.1, 0.15) is 4.21 Å². The molecule has 0 radical (unpaired) electrons. The Kier molecular flexibility index (Phi) is 7.31. The monoisotopic (exact) mass is 434 g/mol. The normalized spacial score (nSPS) is 13.6. The van der Waals surface area contributed by atoms with Crippen LogP contribution in [0.15, 0.2) is 39.5 Å². The van der Waals surface area contributed by atoms with Crippen molar-refractivity contribution < 1.29 is 8.42 Å². The van der Waals surface area contributed by atoms with Crippen molar-refractivity contribution in [1.82, 2.24) is 10.0 Å². The van der Waals surface area contributed by atoms with Crippen molar-refractivity contribution in [2.45, 2.75) is 24.1 Å². The van der Waals surface area contributed by atoms with Gasteiger partial charge in [-0.2, -0.15) is 0 Å². The van der Waals surface area contributed by atoms with Crippen LogP contribution < -0.4 is 15.8 Å². The van der Waals surface area contributed by atoms with Crippen molar-refractivity contribution in [3.8, 4) is 0 Å². The lowest BCUT2D eigenvalue weighted by atomic mass is 10.1. The smallest absolute Gasteiger partial charge is 0.250 e. The average Bonchev–Trinajstić information content (AvgIpc) is 2.99. The van der Waals surface area contributed by atoms with Crippen LogP contribution in [0.5, 0.6) is 0 Å². The number of nitrogens with two attached hydrogens (primary N) is 1. The Morgan fingerprint density at radius 3 is 2.65 bits per heavy atom. The highest BCUT2D eigenvalue weighted by atomic mass is 35.5. The molecule has 0 aliphatic heterocycles. The fraction of sp³-hybridized carbons (Fsp3) is 0.312. The van der Waals surface area contributed by atoms with Gasteiger partial charge in [0, 0.05) is 21.5 Å². The van der Waals surface area contributed by atoms with Gasteiger partial charge in [-0.1, -0.05) is 29.3 Å². The van der Waals surface area contributed by atoms with Crippen molar-refractivity contribution in [1.29, 1.82) is 0 Å². The van der Waals surface area contributed by atoms with Crippen molar-refractivity contribution >= 4 is 50.5 Å². The van der Waals surface area contributed by atoms with Crippen LogP contribution in [0.4, 0.5) is 0 Å². The quantitative estimate of drug-likeness (QED) is 0.353. The number of rotatable bonds is 7. The lowest BCUT2D eigenvalue weighted by Crippen LogP contribution is -2.35. The van der Waals surface area contributed by atoms with Crippen LogP contribution in [-0.2, 0) is 10.0 Å². The number of aryl methyl sites for hydroxylation is 1. The third kappa shape index (κ3) is 5.85. The van der Waals surface area contributed by atoms with Crippen molar-refractivity contribution in [3.63, 3.8) is 0 Å². The molecule has 0 saturated carbocycles. The minimum atomic E-state index is -3.51. The Morgan fingerprint density at radius 2 is 2.04 bits per heavy atom.